The molecule has 3 fully saturated rings. The molecule has 4 aliphatic carbocycles. The normalized spacial score (nSPS) is 48.4. The Labute approximate surface area is 163 Å². The minimum atomic E-state index is -0.441. The van der Waals surface area contributed by atoms with Crippen molar-refractivity contribution < 1.29 is 14.6 Å². The van der Waals surface area contributed by atoms with Gasteiger partial charge in [-0.05, 0) is 91.4 Å². The van der Waals surface area contributed by atoms with Crippen LogP contribution in [-0.4, -0.2) is 22.9 Å². The van der Waals surface area contributed by atoms with Gasteiger partial charge in [-0.2, -0.15) is 0 Å². The van der Waals surface area contributed by atoms with E-state index in [1.807, 2.05) is 0 Å². The van der Waals surface area contributed by atoms with Crippen LogP contribution in [0.5, 0.6) is 0 Å². The van der Waals surface area contributed by atoms with Crippen LogP contribution < -0.4 is 0 Å². The molecule has 0 unspecified atom stereocenters. The minimum absolute atomic E-state index is 0.0736. The molecule has 0 aliphatic heterocycles. The van der Waals surface area contributed by atoms with Gasteiger partial charge in [-0.25, -0.2) is 4.39 Å². The first kappa shape index (κ1) is 19.6. The summed E-state index contributed by atoms with van der Waals surface area (Å²) in [6.45, 7) is 6.56. The number of allylic oxidation sites excluding steroid dienone is 2. The molecule has 3 saturated carbocycles. The lowest BCUT2D eigenvalue weighted by atomic mass is 9.45. The van der Waals surface area contributed by atoms with Crippen LogP contribution in [0.15, 0.2) is 23.0 Å². The maximum atomic E-state index is 14.5. The van der Waals surface area contributed by atoms with Gasteiger partial charge in [-0.15, -0.1) is 0 Å². The first-order valence-corrected chi connectivity index (χ1v) is 11.2. The molecule has 0 radical (unpaired) electrons. The summed E-state index contributed by atoms with van der Waals surface area (Å²) in [5.41, 5.74) is 2.58. The van der Waals surface area contributed by atoms with Crippen molar-refractivity contribution in [2.45, 2.75) is 84.7 Å². The second kappa shape index (κ2) is 6.99. The largest absolute Gasteiger partial charge is 0.393 e. The average Bonchev–Trinajstić information content (AvgIpc) is 3.00. The van der Waals surface area contributed by atoms with Crippen molar-refractivity contribution in [2.24, 2.45) is 34.5 Å². The van der Waals surface area contributed by atoms with Gasteiger partial charge in [0.25, 0.3) is 0 Å². The van der Waals surface area contributed by atoms with Crippen molar-refractivity contribution in [3.8, 4) is 0 Å². The molecule has 0 spiro atoms. The van der Waals surface area contributed by atoms with Crippen LogP contribution in [0.25, 0.3) is 0 Å². The van der Waals surface area contributed by atoms with Crippen molar-refractivity contribution in [1.82, 2.24) is 0 Å². The lowest BCUT2D eigenvalue weighted by Gasteiger charge is -2.59. The van der Waals surface area contributed by atoms with E-state index in [-0.39, 0.29) is 22.8 Å². The fourth-order valence-corrected chi connectivity index (χ4v) is 7.77. The molecule has 0 aromatic heterocycles. The maximum absolute atomic E-state index is 14.5. The molecule has 0 bridgehead atoms. The fraction of sp³-hybridized carbons (Fsp3) is 0.833. The van der Waals surface area contributed by atoms with E-state index < -0.39 is 6.61 Å². The van der Waals surface area contributed by atoms with E-state index >= 15 is 0 Å². The molecular formula is C24H37FO2. The highest BCUT2D eigenvalue weighted by molar-refractivity contribution is 5.31. The molecule has 0 amide bonds. The maximum Gasteiger partial charge on any atom is 0.125 e. The monoisotopic (exact) mass is 376 g/mol. The van der Waals surface area contributed by atoms with Gasteiger partial charge in [0, 0.05) is 0 Å². The van der Waals surface area contributed by atoms with Crippen molar-refractivity contribution >= 4 is 0 Å². The second-order valence-corrected chi connectivity index (χ2v) is 10.3. The zero-order valence-corrected chi connectivity index (χ0v) is 17.3. The summed E-state index contributed by atoms with van der Waals surface area (Å²) in [5, 5.41) is 19.7. The Balaban J connectivity index is 1.76. The smallest absolute Gasteiger partial charge is 0.125 e. The summed E-state index contributed by atoms with van der Waals surface area (Å²) in [4.78, 5) is 0. The molecule has 2 nitrogen and oxygen atoms in total. The fourth-order valence-electron chi connectivity index (χ4n) is 7.77. The highest BCUT2D eigenvalue weighted by Crippen LogP contribution is 2.67. The molecule has 7 atom stereocenters. The molecule has 0 aromatic carbocycles. The summed E-state index contributed by atoms with van der Waals surface area (Å²) >= 11 is 0. The SMILES string of the molecule is CCC[C@H]1C=C2C[C@@H](O)CC[C@]2(C)[C@H]2CC[C@]3(C)C(=C(F)CO)CC[C@H]3[C@H]12. The van der Waals surface area contributed by atoms with Crippen LogP contribution in [0, 0.1) is 34.5 Å². The summed E-state index contributed by atoms with van der Waals surface area (Å²) in [7, 11) is 0. The predicted molar refractivity (Wildman–Crippen MR) is 107 cm³/mol. The zero-order chi connectivity index (χ0) is 19.4. The van der Waals surface area contributed by atoms with E-state index in [0.29, 0.717) is 23.7 Å². The number of aliphatic hydroxyl groups is 2. The molecular weight excluding hydrogens is 339 g/mol. The van der Waals surface area contributed by atoms with E-state index in [4.69, 9.17) is 0 Å². The number of aliphatic hydroxyl groups excluding tert-OH is 2. The lowest BCUT2D eigenvalue weighted by molar-refractivity contribution is -0.0507. The number of rotatable bonds is 3. The molecule has 3 heteroatoms. The van der Waals surface area contributed by atoms with E-state index in [1.54, 1.807) is 0 Å². The highest BCUT2D eigenvalue weighted by Gasteiger charge is 2.59. The van der Waals surface area contributed by atoms with Gasteiger partial charge in [0.2, 0.25) is 0 Å². The molecule has 0 heterocycles. The first-order valence-electron chi connectivity index (χ1n) is 11.2. The van der Waals surface area contributed by atoms with Crippen LogP contribution in [-0.2, 0) is 0 Å². The van der Waals surface area contributed by atoms with E-state index in [9.17, 15) is 14.6 Å². The quantitative estimate of drug-likeness (QED) is 0.634. The summed E-state index contributed by atoms with van der Waals surface area (Å²) in [6.07, 6.45) is 11.7. The predicted octanol–water partition coefficient (Wildman–Crippen LogP) is 5.55. The van der Waals surface area contributed by atoms with Crippen LogP contribution in [0.4, 0.5) is 4.39 Å². The number of halogens is 1. The topological polar surface area (TPSA) is 40.5 Å². The Bertz CT molecular complexity index is 653. The number of fused-ring (bicyclic) bond motifs is 5. The molecule has 0 saturated heterocycles. The Kier molecular flexibility index (Phi) is 5.08. The number of hydrogen-bond acceptors (Lipinski definition) is 2. The van der Waals surface area contributed by atoms with Gasteiger partial charge in [0.1, 0.15) is 5.83 Å². The van der Waals surface area contributed by atoms with E-state index in [2.05, 4.69) is 26.8 Å². The summed E-state index contributed by atoms with van der Waals surface area (Å²) < 4.78 is 14.5. The zero-order valence-electron chi connectivity index (χ0n) is 17.3. The molecule has 152 valence electrons. The Morgan fingerprint density at radius 3 is 2.56 bits per heavy atom. The molecule has 2 N–H and O–H groups in total. The van der Waals surface area contributed by atoms with E-state index in [0.717, 1.165) is 50.5 Å². The highest BCUT2D eigenvalue weighted by atomic mass is 19.1. The van der Waals surface area contributed by atoms with Gasteiger partial charge in [-0.1, -0.05) is 38.8 Å². The number of hydrogen-bond donors (Lipinski definition) is 2. The third-order valence-electron chi connectivity index (χ3n) is 9.12. The van der Waals surface area contributed by atoms with Gasteiger partial charge in [0.05, 0.1) is 12.7 Å². The van der Waals surface area contributed by atoms with Crippen LogP contribution >= 0.6 is 0 Å². The molecule has 4 rings (SSSR count). The first-order chi connectivity index (χ1) is 12.8. The van der Waals surface area contributed by atoms with Gasteiger partial charge in [-0.3, -0.25) is 0 Å². The van der Waals surface area contributed by atoms with Crippen molar-refractivity contribution in [1.29, 1.82) is 0 Å². The summed E-state index contributed by atoms with van der Waals surface area (Å²) in [5.74, 6) is 2.12. The Morgan fingerprint density at radius 2 is 1.85 bits per heavy atom. The lowest BCUT2D eigenvalue weighted by Crippen LogP contribution is -2.52. The Morgan fingerprint density at radius 1 is 1.15 bits per heavy atom. The van der Waals surface area contributed by atoms with Gasteiger partial charge in [0.15, 0.2) is 0 Å². The van der Waals surface area contributed by atoms with Gasteiger partial charge >= 0.3 is 0 Å². The third-order valence-corrected chi connectivity index (χ3v) is 9.12. The Hall–Kier alpha value is -0.670. The summed E-state index contributed by atoms with van der Waals surface area (Å²) in [6, 6.07) is 0. The molecule has 0 aromatic rings. The average molecular weight is 377 g/mol. The van der Waals surface area contributed by atoms with Crippen molar-refractivity contribution in [3.63, 3.8) is 0 Å². The molecule has 4 aliphatic rings. The standard InChI is InChI=1S/C24H37FO2/c1-4-5-15-12-16-13-17(27)8-10-23(16,2)20-9-11-24(3)18(21(25)14-26)6-7-19(24)22(15)20/h12,15,17,19-20,22,26-27H,4-11,13-14H2,1-3H3/t15-,17-,19-,20-,22-,23-,24+/m0/s1. The third kappa shape index (κ3) is 2.87. The van der Waals surface area contributed by atoms with Crippen LogP contribution in [0.3, 0.4) is 0 Å². The van der Waals surface area contributed by atoms with Crippen molar-refractivity contribution in [2.75, 3.05) is 6.61 Å². The second-order valence-electron chi connectivity index (χ2n) is 10.3. The van der Waals surface area contributed by atoms with Gasteiger partial charge < -0.3 is 10.2 Å². The van der Waals surface area contributed by atoms with E-state index in [1.165, 1.54) is 18.4 Å². The van der Waals surface area contributed by atoms with Crippen LogP contribution in [0.2, 0.25) is 0 Å². The van der Waals surface area contributed by atoms with Crippen molar-refractivity contribution in [3.05, 3.63) is 23.0 Å². The molecule has 27 heavy (non-hydrogen) atoms. The van der Waals surface area contributed by atoms with Crippen LogP contribution in [0.1, 0.15) is 78.6 Å². The minimum Gasteiger partial charge on any atom is -0.393 e.